The van der Waals surface area contributed by atoms with E-state index in [0.717, 1.165) is 22.9 Å². The number of hydrogen-bond donors (Lipinski definition) is 3. The first kappa shape index (κ1) is 24.1. The summed E-state index contributed by atoms with van der Waals surface area (Å²) in [6.07, 6.45) is 0.711. The number of aromatic nitrogens is 2. The van der Waals surface area contributed by atoms with Crippen LogP contribution in [0.4, 0.5) is 17.3 Å². The minimum Gasteiger partial charge on any atom is -0.504 e. The fraction of sp³-hybridized carbons (Fsp3) is 0.429. The topological polar surface area (TPSA) is 145 Å². The van der Waals surface area contributed by atoms with Gasteiger partial charge in [0.05, 0.1) is 11.7 Å². The van der Waals surface area contributed by atoms with Gasteiger partial charge in [0.2, 0.25) is 0 Å². The highest BCUT2D eigenvalue weighted by atomic mass is 32.2. The first-order chi connectivity index (χ1) is 16.3. The fourth-order valence-corrected chi connectivity index (χ4v) is 6.41. The standard InChI is InChI=1S/C21H27N7O4S2/c1-5-13(15-9-8-12(4)32-15)24-19-20(27-18-17(26-19)22-11-23-18)25-14-10-33-21(16(14)29)34(30,31)28(6-2)7-3/h8-10,13,29H,5-7,11H2,1-4H3,(H,22,24,26)(H,23,25,27)/t13-/m1/s1. The second-order valence-electron chi connectivity index (χ2n) is 7.58. The number of fused-ring (bicyclic) bond motifs is 1. The molecule has 3 aromatic heterocycles. The molecule has 34 heavy (non-hydrogen) atoms. The Hall–Kier alpha value is -3.03. The third kappa shape index (κ3) is 4.50. The van der Waals surface area contributed by atoms with Crippen LogP contribution in [0.1, 0.15) is 44.8 Å². The quantitative estimate of drug-likeness (QED) is 0.381. The van der Waals surface area contributed by atoms with Gasteiger partial charge < -0.3 is 20.2 Å². The number of hydrogen-bond acceptors (Lipinski definition) is 11. The van der Waals surface area contributed by atoms with E-state index in [2.05, 4.69) is 30.6 Å². The molecule has 13 heteroatoms. The van der Waals surface area contributed by atoms with Crippen molar-refractivity contribution in [3.05, 3.63) is 40.0 Å². The molecule has 0 saturated heterocycles. The number of anilines is 3. The smallest absolute Gasteiger partial charge is 0.256 e. The summed E-state index contributed by atoms with van der Waals surface area (Å²) in [6.45, 7) is 8.24. The molecule has 182 valence electrons. The van der Waals surface area contributed by atoms with Crippen molar-refractivity contribution in [1.29, 1.82) is 0 Å². The van der Waals surface area contributed by atoms with Gasteiger partial charge >= 0.3 is 0 Å². The molecule has 4 heterocycles. The average Bonchev–Trinajstić information content (AvgIpc) is 3.53. The van der Waals surface area contributed by atoms with Gasteiger partial charge in [-0.1, -0.05) is 20.8 Å². The maximum Gasteiger partial charge on any atom is 0.256 e. The Bertz CT molecular complexity index is 1410. The minimum absolute atomic E-state index is 0.125. The van der Waals surface area contributed by atoms with Crippen LogP contribution in [0.2, 0.25) is 0 Å². The maximum absolute atomic E-state index is 12.9. The number of aromatic hydroxyl groups is 1. The molecule has 1 atom stereocenters. The summed E-state index contributed by atoms with van der Waals surface area (Å²) in [5.74, 6) is 1.87. The Morgan fingerprint density at radius 3 is 2.41 bits per heavy atom. The van der Waals surface area contributed by atoms with E-state index in [9.17, 15) is 13.5 Å². The summed E-state index contributed by atoms with van der Waals surface area (Å²) < 4.78 is 32.8. The Morgan fingerprint density at radius 2 is 1.82 bits per heavy atom. The molecule has 0 fully saturated rings. The zero-order chi connectivity index (χ0) is 24.5. The van der Waals surface area contributed by atoms with Gasteiger partial charge in [0.25, 0.3) is 10.0 Å². The maximum atomic E-state index is 12.9. The lowest BCUT2D eigenvalue weighted by Gasteiger charge is -2.18. The monoisotopic (exact) mass is 505 g/mol. The first-order valence-corrected chi connectivity index (χ1v) is 13.3. The molecule has 0 amide bonds. The van der Waals surface area contributed by atoms with Crippen LogP contribution >= 0.6 is 11.3 Å². The molecule has 3 N–H and O–H groups in total. The Morgan fingerprint density at radius 1 is 1.15 bits per heavy atom. The molecule has 0 aliphatic carbocycles. The average molecular weight is 506 g/mol. The molecule has 0 radical (unpaired) electrons. The fourth-order valence-electron chi connectivity index (χ4n) is 3.58. The Kier molecular flexibility index (Phi) is 6.86. The molecule has 4 rings (SSSR count). The van der Waals surface area contributed by atoms with Gasteiger partial charge in [0, 0.05) is 18.5 Å². The van der Waals surface area contributed by atoms with Crippen LogP contribution in [0.15, 0.2) is 36.1 Å². The van der Waals surface area contributed by atoms with Crippen molar-refractivity contribution in [2.24, 2.45) is 9.98 Å². The molecular weight excluding hydrogens is 478 g/mol. The van der Waals surface area contributed by atoms with Gasteiger partial charge in [0.1, 0.15) is 18.2 Å². The zero-order valence-corrected chi connectivity index (χ0v) is 21.0. The molecule has 0 saturated carbocycles. The van der Waals surface area contributed by atoms with E-state index >= 15 is 0 Å². The SMILES string of the molecule is CC[C@@H](Nc1nc2c(nc1Nc1csc(S(=O)(=O)N(CC)CC)c1O)=NCN=2)c1ccc(C)o1. The van der Waals surface area contributed by atoms with Gasteiger partial charge in [-0.2, -0.15) is 4.31 Å². The van der Waals surface area contributed by atoms with Crippen LogP contribution < -0.4 is 21.6 Å². The van der Waals surface area contributed by atoms with E-state index in [4.69, 9.17) is 4.42 Å². The lowest BCUT2D eigenvalue weighted by atomic mass is 10.2. The molecule has 0 unspecified atom stereocenters. The molecule has 0 spiro atoms. The van der Waals surface area contributed by atoms with Gasteiger partial charge in [-0.15, -0.1) is 11.3 Å². The molecule has 0 bridgehead atoms. The molecule has 1 aliphatic heterocycles. The highest BCUT2D eigenvalue weighted by Crippen LogP contribution is 2.41. The van der Waals surface area contributed by atoms with Gasteiger partial charge in [-0.25, -0.2) is 28.4 Å². The summed E-state index contributed by atoms with van der Waals surface area (Å²) in [7, 11) is -3.82. The summed E-state index contributed by atoms with van der Waals surface area (Å²) in [6, 6.07) is 3.61. The molecule has 3 aromatic rings. The number of nitrogens with zero attached hydrogens (tertiary/aromatic N) is 5. The number of thiophene rings is 1. The number of sulfonamides is 1. The summed E-state index contributed by atoms with van der Waals surface area (Å²) in [5.41, 5.74) is 1.00. The molecule has 1 aliphatic rings. The van der Waals surface area contributed by atoms with Crippen molar-refractivity contribution >= 4 is 38.7 Å². The molecule has 11 nitrogen and oxygen atoms in total. The van der Waals surface area contributed by atoms with Crippen molar-refractivity contribution in [3.8, 4) is 5.75 Å². The number of aryl methyl sites for hydroxylation is 1. The number of furan rings is 1. The van der Waals surface area contributed by atoms with Gasteiger partial charge in [0.15, 0.2) is 32.6 Å². The van der Waals surface area contributed by atoms with E-state index in [1.54, 1.807) is 19.2 Å². The lowest BCUT2D eigenvalue weighted by molar-refractivity contribution is 0.434. The molecule has 0 aromatic carbocycles. The van der Waals surface area contributed by atoms with Crippen molar-refractivity contribution < 1.29 is 17.9 Å². The largest absolute Gasteiger partial charge is 0.504 e. The van der Waals surface area contributed by atoms with Crippen LogP contribution in [0.25, 0.3) is 0 Å². The third-order valence-electron chi connectivity index (χ3n) is 5.39. The van der Waals surface area contributed by atoms with Crippen molar-refractivity contribution in [3.63, 3.8) is 0 Å². The van der Waals surface area contributed by atoms with E-state index in [1.165, 1.54) is 4.31 Å². The minimum atomic E-state index is -3.82. The predicted octanol–water partition coefficient (Wildman–Crippen LogP) is 2.69. The highest BCUT2D eigenvalue weighted by molar-refractivity contribution is 7.91. The van der Waals surface area contributed by atoms with Crippen LogP contribution in [0.3, 0.4) is 0 Å². The van der Waals surface area contributed by atoms with Gasteiger partial charge in [-0.3, -0.25) is 0 Å². The highest BCUT2D eigenvalue weighted by Gasteiger charge is 2.29. The van der Waals surface area contributed by atoms with Crippen molar-refractivity contribution in [2.45, 2.75) is 44.4 Å². The second kappa shape index (κ2) is 9.68. The van der Waals surface area contributed by atoms with E-state index in [0.29, 0.717) is 42.1 Å². The van der Waals surface area contributed by atoms with Crippen LogP contribution in [0.5, 0.6) is 5.75 Å². The Balaban J connectivity index is 1.71. The van der Waals surface area contributed by atoms with E-state index in [-0.39, 0.29) is 28.4 Å². The lowest BCUT2D eigenvalue weighted by Crippen LogP contribution is -2.31. The first-order valence-electron chi connectivity index (χ1n) is 11.0. The predicted molar refractivity (Wildman–Crippen MR) is 129 cm³/mol. The van der Waals surface area contributed by atoms with Crippen LogP contribution in [-0.4, -0.2) is 47.6 Å². The van der Waals surface area contributed by atoms with Gasteiger partial charge in [-0.05, 0) is 25.5 Å². The Labute approximate surface area is 201 Å². The van der Waals surface area contributed by atoms with Crippen LogP contribution in [0, 0.1) is 6.92 Å². The van der Waals surface area contributed by atoms with Crippen molar-refractivity contribution in [1.82, 2.24) is 14.3 Å². The van der Waals surface area contributed by atoms with E-state index in [1.807, 2.05) is 26.0 Å². The summed E-state index contributed by atoms with van der Waals surface area (Å²) >= 11 is 0.943. The number of rotatable bonds is 10. The second-order valence-corrected chi connectivity index (χ2v) is 10.6. The zero-order valence-electron chi connectivity index (χ0n) is 19.4. The van der Waals surface area contributed by atoms with Crippen LogP contribution in [-0.2, 0) is 10.0 Å². The summed E-state index contributed by atoms with van der Waals surface area (Å²) in [4.78, 5) is 17.6. The normalized spacial score (nSPS) is 13.9. The third-order valence-corrected chi connectivity index (χ3v) is 8.93. The molecular formula is C21H27N7O4S2. The van der Waals surface area contributed by atoms with Crippen molar-refractivity contribution in [2.75, 3.05) is 30.4 Å². The number of nitrogens with one attached hydrogen (secondary N) is 2. The summed E-state index contributed by atoms with van der Waals surface area (Å²) in [5, 5.41) is 18.7. The van der Waals surface area contributed by atoms with E-state index < -0.39 is 10.0 Å².